The predicted molar refractivity (Wildman–Crippen MR) is 119 cm³/mol. The largest absolute Gasteiger partial charge is 0.490 e. The number of hydrogen-bond donors (Lipinski definition) is 2. The Morgan fingerprint density at radius 2 is 1.54 bits per heavy atom. The first-order valence-corrected chi connectivity index (χ1v) is 11.8. The second-order valence-electron chi connectivity index (χ2n) is 9.27. The summed E-state index contributed by atoms with van der Waals surface area (Å²) in [5.41, 5.74) is 1.27. The number of likely N-dealkylation sites (tertiary alicyclic amines) is 1. The van der Waals surface area contributed by atoms with Crippen molar-refractivity contribution < 1.29 is 50.9 Å². The molecule has 2 N–H and O–H groups in total. The van der Waals surface area contributed by atoms with E-state index in [9.17, 15) is 26.3 Å². The number of aliphatic carboxylic acids is 2. The Hall–Kier alpha value is -2.45. The van der Waals surface area contributed by atoms with Crippen LogP contribution in [0.25, 0.3) is 0 Å². The topological polar surface area (TPSA) is 103 Å². The van der Waals surface area contributed by atoms with E-state index in [0.717, 1.165) is 32.2 Å². The lowest BCUT2D eigenvalue weighted by Gasteiger charge is -2.48. The Morgan fingerprint density at radius 1 is 0.973 bits per heavy atom. The molecule has 3 fully saturated rings. The maximum absolute atomic E-state index is 10.6. The normalized spacial score (nSPS) is 20.6. The molecule has 4 rings (SSSR count). The van der Waals surface area contributed by atoms with Gasteiger partial charge in [-0.2, -0.15) is 26.3 Å². The van der Waals surface area contributed by atoms with Crippen LogP contribution in [-0.2, 0) is 20.9 Å². The molecule has 210 valence electrons. The Labute approximate surface area is 210 Å². The van der Waals surface area contributed by atoms with Crippen LogP contribution in [0.2, 0.25) is 0 Å². The molecule has 1 aromatic rings. The number of morpholine rings is 1. The maximum atomic E-state index is 10.6. The zero-order valence-electron chi connectivity index (χ0n) is 20.1. The molecule has 3 heterocycles. The zero-order valence-corrected chi connectivity index (χ0v) is 20.1. The summed E-state index contributed by atoms with van der Waals surface area (Å²) in [5.74, 6) is -4.53. The molecule has 37 heavy (non-hydrogen) atoms. The lowest BCUT2D eigenvalue weighted by atomic mass is 9.83. The summed E-state index contributed by atoms with van der Waals surface area (Å²) in [5, 5.41) is 14.2. The number of carboxylic acid groups (broad SMARTS) is 2. The van der Waals surface area contributed by atoms with Crippen LogP contribution >= 0.6 is 0 Å². The minimum atomic E-state index is -5.08. The zero-order chi connectivity index (χ0) is 27.7. The van der Waals surface area contributed by atoms with E-state index in [1.807, 2.05) is 12.3 Å². The van der Waals surface area contributed by atoms with Crippen LogP contribution in [-0.4, -0.2) is 94.2 Å². The molecular weight excluding hydrogens is 512 g/mol. The number of ether oxygens (including phenoxy) is 1. The molecular formula is C23H31F6N3O5. The van der Waals surface area contributed by atoms with Crippen LogP contribution < -0.4 is 0 Å². The smallest absolute Gasteiger partial charge is 0.475 e. The molecule has 0 aromatic carbocycles. The molecule has 2 saturated heterocycles. The summed E-state index contributed by atoms with van der Waals surface area (Å²) in [6.45, 7) is 7.69. The van der Waals surface area contributed by atoms with Crippen molar-refractivity contribution in [2.24, 2.45) is 5.92 Å². The Kier molecular flexibility index (Phi) is 11.1. The van der Waals surface area contributed by atoms with Crippen LogP contribution in [0, 0.1) is 5.92 Å². The van der Waals surface area contributed by atoms with E-state index in [2.05, 4.69) is 26.9 Å². The third-order valence-corrected chi connectivity index (χ3v) is 6.43. The monoisotopic (exact) mass is 543 g/mol. The van der Waals surface area contributed by atoms with Crippen molar-refractivity contribution in [1.29, 1.82) is 0 Å². The van der Waals surface area contributed by atoms with Gasteiger partial charge in [-0.05, 0) is 43.7 Å². The van der Waals surface area contributed by atoms with E-state index < -0.39 is 24.3 Å². The van der Waals surface area contributed by atoms with Gasteiger partial charge in [-0.25, -0.2) is 9.59 Å². The summed E-state index contributed by atoms with van der Waals surface area (Å²) >= 11 is 0. The van der Waals surface area contributed by atoms with Crippen LogP contribution in [0.5, 0.6) is 0 Å². The van der Waals surface area contributed by atoms with Crippen molar-refractivity contribution >= 4 is 11.9 Å². The first-order valence-electron chi connectivity index (χ1n) is 11.8. The number of carbonyl (C=O) groups is 2. The van der Waals surface area contributed by atoms with Crippen molar-refractivity contribution in [3.05, 3.63) is 30.1 Å². The average Bonchev–Trinajstić information content (AvgIpc) is 2.78. The van der Waals surface area contributed by atoms with Crippen molar-refractivity contribution in [2.75, 3.05) is 39.3 Å². The van der Waals surface area contributed by atoms with Gasteiger partial charge in [-0.15, -0.1) is 0 Å². The standard InChI is InChI=1S/C19H29N3O.2C2HF3O2/c1-2-9-20-18(6-1)15-22-12-13-23-19(16-22)7-10-21(11-8-19)14-17-4-3-5-17;2*3-2(4,5)1(6)7/h1-2,6,9,17H,3-5,7-8,10-16H2;2*(H,6,7). The van der Waals surface area contributed by atoms with Gasteiger partial charge in [0.25, 0.3) is 0 Å². The minimum absolute atomic E-state index is 0.100. The minimum Gasteiger partial charge on any atom is -0.475 e. The summed E-state index contributed by atoms with van der Waals surface area (Å²) in [6, 6.07) is 6.20. The van der Waals surface area contributed by atoms with E-state index in [4.69, 9.17) is 24.5 Å². The highest BCUT2D eigenvalue weighted by atomic mass is 19.4. The first-order chi connectivity index (χ1) is 17.2. The molecule has 1 aliphatic carbocycles. The van der Waals surface area contributed by atoms with Crippen molar-refractivity contribution in [3.63, 3.8) is 0 Å². The number of rotatable bonds is 4. The number of piperidine rings is 1. The fraction of sp³-hybridized carbons (Fsp3) is 0.696. The molecule has 0 unspecified atom stereocenters. The highest BCUT2D eigenvalue weighted by Crippen LogP contribution is 2.33. The fourth-order valence-corrected chi connectivity index (χ4v) is 4.27. The number of nitrogens with zero attached hydrogens (tertiary/aromatic N) is 3. The second-order valence-corrected chi connectivity index (χ2v) is 9.27. The molecule has 1 saturated carbocycles. The summed E-state index contributed by atoms with van der Waals surface area (Å²) < 4.78 is 69.8. The van der Waals surface area contributed by atoms with Crippen LogP contribution in [0.15, 0.2) is 24.4 Å². The van der Waals surface area contributed by atoms with Crippen molar-refractivity contribution in [1.82, 2.24) is 14.8 Å². The van der Waals surface area contributed by atoms with Gasteiger partial charge in [0.15, 0.2) is 0 Å². The maximum Gasteiger partial charge on any atom is 0.490 e. The SMILES string of the molecule is O=C(O)C(F)(F)F.O=C(O)C(F)(F)F.c1ccc(CN2CCOC3(CCN(CC4CCC4)CC3)C2)nc1. The number of hydrogen-bond acceptors (Lipinski definition) is 6. The van der Waals surface area contributed by atoms with Gasteiger partial charge in [0.1, 0.15) is 0 Å². The van der Waals surface area contributed by atoms with E-state index in [0.29, 0.717) is 0 Å². The van der Waals surface area contributed by atoms with Gasteiger partial charge in [0, 0.05) is 45.5 Å². The molecule has 8 nitrogen and oxygen atoms in total. The Morgan fingerprint density at radius 3 is 1.97 bits per heavy atom. The molecule has 2 aliphatic heterocycles. The Balaban J connectivity index is 0.000000286. The summed E-state index contributed by atoms with van der Waals surface area (Å²) in [7, 11) is 0. The average molecular weight is 544 g/mol. The lowest BCUT2D eigenvalue weighted by Crippen LogP contribution is -2.57. The first kappa shape index (κ1) is 30.8. The predicted octanol–water partition coefficient (Wildman–Crippen LogP) is 3.82. The van der Waals surface area contributed by atoms with E-state index in [1.165, 1.54) is 57.4 Å². The summed E-state index contributed by atoms with van der Waals surface area (Å²) in [4.78, 5) is 27.5. The number of alkyl halides is 6. The molecule has 0 bridgehead atoms. The van der Waals surface area contributed by atoms with Gasteiger partial charge < -0.3 is 19.8 Å². The molecule has 3 aliphatic rings. The molecule has 0 amide bonds. The van der Waals surface area contributed by atoms with E-state index in [1.54, 1.807) is 0 Å². The lowest BCUT2D eigenvalue weighted by molar-refractivity contribution is -0.193. The van der Waals surface area contributed by atoms with Gasteiger partial charge in [-0.1, -0.05) is 12.5 Å². The molecule has 0 atom stereocenters. The van der Waals surface area contributed by atoms with Crippen LogP contribution in [0.4, 0.5) is 26.3 Å². The summed E-state index contributed by atoms with van der Waals surface area (Å²) in [6.07, 6.45) is -1.53. The quantitative estimate of drug-likeness (QED) is 0.553. The van der Waals surface area contributed by atoms with Gasteiger partial charge >= 0.3 is 24.3 Å². The number of pyridine rings is 1. The molecule has 0 radical (unpaired) electrons. The fourth-order valence-electron chi connectivity index (χ4n) is 4.27. The van der Waals surface area contributed by atoms with Crippen molar-refractivity contribution in [2.45, 2.75) is 56.6 Å². The molecule has 1 spiro atoms. The van der Waals surface area contributed by atoms with Crippen LogP contribution in [0.3, 0.4) is 0 Å². The number of halogens is 6. The van der Waals surface area contributed by atoms with E-state index in [-0.39, 0.29) is 5.60 Å². The van der Waals surface area contributed by atoms with Gasteiger partial charge in [0.05, 0.1) is 17.9 Å². The highest BCUT2D eigenvalue weighted by molar-refractivity contribution is 5.73. The van der Waals surface area contributed by atoms with Crippen molar-refractivity contribution in [3.8, 4) is 0 Å². The van der Waals surface area contributed by atoms with Gasteiger partial charge in [0.2, 0.25) is 0 Å². The highest BCUT2D eigenvalue weighted by Gasteiger charge is 2.40. The third kappa shape index (κ3) is 10.8. The number of aromatic nitrogens is 1. The van der Waals surface area contributed by atoms with Crippen LogP contribution in [0.1, 0.15) is 37.8 Å². The molecule has 14 heteroatoms. The second kappa shape index (κ2) is 13.4. The Bertz CT molecular complexity index is 833. The third-order valence-electron chi connectivity index (χ3n) is 6.43. The van der Waals surface area contributed by atoms with Gasteiger partial charge in [-0.3, -0.25) is 9.88 Å². The number of carboxylic acids is 2. The molecule has 1 aromatic heterocycles. The van der Waals surface area contributed by atoms with E-state index >= 15 is 0 Å².